The Bertz CT molecular complexity index is 600. The molecule has 5 heteroatoms. The summed E-state index contributed by atoms with van der Waals surface area (Å²) in [6.07, 6.45) is -0.323. The molecule has 0 bridgehead atoms. The first-order valence-electron chi connectivity index (χ1n) is 7.54. The Balaban J connectivity index is 1.60. The first-order chi connectivity index (χ1) is 10.8. The molecule has 1 atom stereocenters. The Morgan fingerprint density at radius 3 is 2.77 bits per heavy atom. The minimum atomic E-state index is -0.247. The summed E-state index contributed by atoms with van der Waals surface area (Å²) in [6, 6.07) is 13.9. The molecule has 0 spiro atoms. The van der Waals surface area contributed by atoms with Gasteiger partial charge in [0.05, 0.1) is 6.54 Å². The van der Waals surface area contributed by atoms with E-state index in [4.69, 9.17) is 4.74 Å². The van der Waals surface area contributed by atoms with Gasteiger partial charge in [-0.2, -0.15) is 0 Å². The first kappa shape index (κ1) is 15.1. The van der Waals surface area contributed by atoms with E-state index in [-0.39, 0.29) is 12.2 Å². The van der Waals surface area contributed by atoms with Gasteiger partial charge < -0.3 is 4.74 Å². The fourth-order valence-corrected chi connectivity index (χ4v) is 3.40. The van der Waals surface area contributed by atoms with Gasteiger partial charge in [0.2, 0.25) is 0 Å². The van der Waals surface area contributed by atoms with Crippen LogP contribution in [0.3, 0.4) is 0 Å². The number of cyclic esters (lactones) is 1. The van der Waals surface area contributed by atoms with Gasteiger partial charge in [0, 0.05) is 23.7 Å². The van der Waals surface area contributed by atoms with Crippen LogP contribution in [0.25, 0.3) is 0 Å². The third kappa shape index (κ3) is 3.48. The standard InChI is InChI=1S/C17H20N2O2S/c1-2-18(13-16-9-6-10-22-16)11-15-12-19(17(20)21-15)14-7-4-3-5-8-14/h3-10,15H,2,11-13H2,1H3/t15-/m0/s1. The maximum Gasteiger partial charge on any atom is 0.414 e. The van der Waals surface area contributed by atoms with E-state index in [0.717, 1.165) is 25.3 Å². The topological polar surface area (TPSA) is 32.8 Å². The lowest BCUT2D eigenvalue weighted by molar-refractivity contribution is 0.108. The van der Waals surface area contributed by atoms with Crippen LogP contribution in [0.4, 0.5) is 10.5 Å². The van der Waals surface area contributed by atoms with Crippen LogP contribution < -0.4 is 4.90 Å². The molecule has 1 aromatic carbocycles. The van der Waals surface area contributed by atoms with Gasteiger partial charge in [0.15, 0.2) is 0 Å². The van der Waals surface area contributed by atoms with Crippen LogP contribution >= 0.6 is 11.3 Å². The molecule has 0 radical (unpaired) electrons. The summed E-state index contributed by atoms with van der Waals surface area (Å²) in [5.74, 6) is 0. The Labute approximate surface area is 134 Å². The van der Waals surface area contributed by atoms with Gasteiger partial charge in [0.1, 0.15) is 6.10 Å². The average molecular weight is 316 g/mol. The lowest BCUT2D eigenvalue weighted by Gasteiger charge is -2.22. The molecule has 0 unspecified atom stereocenters. The molecule has 1 aromatic heterocycles. The molecule has 22 heavy (non-hydrogen) atoms. The van der Waals surface area contributed by atoms with Crippen LogP contribution in [0.2, 0.25) is 0 Å². The number of rotatable bonds is 6. The van der Waals surface area contributed by atoms with E-state index in [1.165, 1.54) is 4.88 Å². The van der Waals surface area contributed by atoms with Crippen molar-refractivity contribution in [2.24, 2.45) is 0 Å². The normalized spacial score (nSPS) is 18.0. The Morgan fingerprint density at radius 2 is 2.09 bits per heavy atom. The van der Waals surface area contributed by atoms with Gasteiger partial charge in [-0.25, -0.2) is 4.79 Å². The number of carbonyl (C=O) groups is 1. The lowest BCUT2D eigenvalue weighted by Crippen LogP contribution is -2.34. The quantitative estimate of drug-likeness (QED) is 0.816. The number of hydrogen-bond donors (Lipinski definition) is 0. The molecular formula is C17H20N2O2S. The molecule has 1 amide bonds. The molecule has 116 valence electrons. The number of nitrogens with zero attached hydrogens (tertiary/aromatic N) is 2. The van der Waals surface area contributed by atoms with E-state index in [9.17, 15) is 4.79 Å². The number of likely N-dealkylation sites (N-methyl/N-ethyl adjacent to an activating group) is 1. The molecule has 1 aliphatic rings. The molecule has 3 rings (SSSR count). The van der Waals surface area contributed by atoms with Crippen LogP contribution in [0, 0.1) is 0 Å². The van der Waals surface area contributed by atoms with Crippen molar-refractivity contribution in [3.63, 3.8) is 0 Å². The molecule has 1 fully saturated rings. The number of amides is 1. The maximum atomic E-state index is 12.1. The van der Waals surface area contributed by atoms with Crippen molar-refractivity contribution < 1.29 is 9.53 Å². The van der Waals surface area contributed by atoms with Crippen LogP contribution in [0.1, 0.15) is 11.8 Å². The molecule has 1 saturated heterocycles. The lowest BCUT2D eigenvalue weighted by atomic mass is 10.2. The molecule has 1 aliphatic heterocycles. The van der Waals surface area contributed by atoms with Crippen LogP contribution in [0.5, 0.6) is 0 Å². The summed E-state index contributed by atoms with van der Waals surface area (Å²) in [5.41, 5.74) is 0.899. The Kier molecular flexibility index (Phi) is 4.75. The Hall–Kier alpha value is -1.85. The van der Waals surface area contributed by atoms with E-state index in [1.807, 2.05) is 30.3 Å². The van der Waals surface area contributed by atoms with Crippen LogP contribution in [-0.4, -0.2) is 36.7 Å². The highest BCUT2D eigenvalue weighted by molar-refractivity contribution is 7.09. The summed E-state index contributed by atoms with van der Waals surface area (Å²) in [6.45, 7) is 5.37. The van der Waals surface area contributed by atoms with Crippen LogP contribution in [0.15, 0.2) is 47.8 Å². The highest BCUT2D eigenvalue weighted by Crippen LogP contribution is 2.22. The number of thiophene rings is 1. The van der Waals surface area contributed by atoms with E-state index in [1.54, 1.807) is 16.2 Å². The summed E-state index contributed by atoms with van der Waals surface area (Å²) >= 11 is 1.76. The predicted octanol–water partition coefficient (Wildman–Crippen LogP) is 3.60. The summed E-state index contributed by atoms with van der Waals surface area (Å²) < 4.78 is 5.53. The zero-order valence-electron chi connectivity index (χ0n) is 12.6. The van der Waals surface area contributed by atoms with Gasteiger partial charge >= 0.3 is 6.09 Å². The average Bonchev–Trinajstić information content (AvgIpc) is 3.17. The number of carbonyl (C=O) groups excluding carboxylic acids is 1. The summed E-state index contributed by atoms with van der Waals surface area (Å²) in [5, 5.41) is 2.09. The van der Waals surface area contributed by atoms with E-state index < -0.39 is 0 Å². The third-order valence-electron chi connectivity index (χ3n) is 3.81. The molecule has 0 N–H and O–H groups in total. The largest absolute Gasteiger partial charge is 0.443 e. The highest BCUT2D eigenvalue weighted by Gasteiger charge is 2.33. The molecular weight excluding hydrogens is 296 g/mol. The monoisotopic (exact) mass is 316 g/mol. The van der Waals surface area contributed by atoms with E-state index in [0.29, 0.717) is 6.54 Å². The molecule has 0 aliphatic carbocycles. The molecule has 2 heterocycles. The number of benzene rings is 1. The second-order valence-corrected chi connectivity index (χ2v) is 6.39. The van der Waals surface area contributed by atoms with E-state index in [2.05, 4.69) is 29.3 Å². The van der Waals surface area contributed by atoms with Crippen molar-refractivity contribution in [3.8, 4) is 0 Å². The SMILES string of the molecule is CCN(Cc1cccs1)C[C@H]1CN(c2ccccc2)C(=O)O1. The number of ether oxygens (including phenoxy) is 1. The third-order valence-corrected chi connectivity index (χ3v) is 4.67. The molecule has 2 aromatic rings. The van der Waals surface area contributed by atoms with Gasteiger partial charge in [-0.3, -0.25) is 9.80 Å². The van der Waals surface area contributed by atoms with Gasteiger partial charge in [-0.1, -0.05) is 31.2 Å². The van der Waals surface area contributed by atoms with Crippen molar-refractivity contribution >= 4 is 23.1 Å². The first-order valence-corrected chi connectivity index (χ1v) is 8.42. The summed E-state index contributed by atoms with van der Waals surface area (Å²) in [4.78, 5) is 17.4. The predicted molar refractivity (Wildman–Crippen MR) is 89.3 cm³/mol. The number of anilines is 1. The molecule has 4 nitrogen and oxygen atoms in total. The van der Waals surface area contributed by atoms with Crippen molar-refractivity contribution in [2.75, 3.05) is 24.5 Å². The van der Waals surface area contributed by atoms with Crippen molar-refractivity contribution in [3.05, 3.63) is 52.7 Å². The highest BCUT2D eigenvalue weighted by atomic mass is 32.1. The van der Waals surface area contributed by atoms with Crippen LogP contribution in [-0.2, 0) is 11.3 Å². The zero-order valence-corrected chi connectivity index (χ0v) is 13.5. The second kappa shape index (κ2) is 6.94. The fraction of sp³-hybridized carbons (Fsp3) is 0.353. The van der Waals surface area contributed by atoms with Crippen molar-refractivity contribution in [1.29, 1.82) is 0 Å². The minimum absolute atomic E-state index is 0.0763. The van der Waals surface area contributed by atoms with Gasteiger partial charge in [0.25, 0.3) is 0 Å². The van der Waals surface area contributed by atoms with Gasteiger partial charge in [-0.05, 0) is 30.1 Å². The van der Waals surface area contributed by atoms with Gasteiger partial charge in [-0.15, -0.1) is 11.3 Å². The van der Waals surface area contributed by atoms with Crippen molar-refractivity contribution in [1.82, 2.24) is 4.90 Å². The fourth-order valence-electron chi connectivity index (χ4n) is 2.65. The van der Waals surface area contributed by atoms with Crippen molar-refractivity contribution in [2.45, 2.75) is 19.6 Å². The smallest absolute Gasteiger partial charge is 0.414 e. The Morgan fingerprint density at radius 1 is 1.27 bits per heavy atom. The van der Waals surface area contributed by atoms with E-state index >= 15 is 0 Å². The summed E-state index contributed by atoms with van der Waals surface area (Å²) in [7, 11) is 0. The number of hydrogen-bond acceptors (Lipinski definition) is 4. The minimum Gasteiger partial charge on any atom is -0.443 e. The second-order valence-electron chi connectivity index (χ2n) is 5.36. The number of para-hydroxylation sites is 1. The zero-order chi connectivity index (χ0) is 15.4. The molecule has 0 saturated carbocycles. The maximum absolute atomic E-state index is 12.1.